The molecule has 4 rings (SSSR count). The average Bonchev–Trinajstić information content (AvgIpc) is 3.38. The molecule has 1 aromatic carbocycles. The number of hydrogen-bond acceptors (Lipinski definition) is 10. The van der Waals surface area contributed by atoms with Crippen molar-refractivity contribution >= 4 is 46.4 Å². The number of carbonyl (C=O) groups excluding carboxylic acids is 1. The van der Waals surface area contributed by atoms with Gasteiger partial charge in [0.2, 0.25) is 0 Å². The molecule has 3 heterocycles. The normalized spacial score (nSPS) is 13.3. The van der Waals surface area contributed by atoms with Crippen LogP contribution in [0.4, 0.5) is 22.0 Å². The first-order chi connectivity index (χ1) is 17.6. The van der Waals surface area contributed by atoms with Gasteiger partial charge in [-0.3, -0.25) is 5.32 Å². The van der Waals surface area contributed by atoms with Crippen LogP contribution in [0.15, 0.2) is 58.8 Å². The molecule has 9 nitrogen and oxygen atoms in total. The number of carbonyl (C=O) groups is 1. The Labute approximate surface area is 218 Å². The Balaban J connectivity index is 1.45. The number of thiazole rings is 1. The minimum absolute atomic E-state index is 0.0530. The molecule has 1 aliphatic heterocycles. The Kier molecular flexibility index (Phi) is 9.56. The molecule has 0 atom stereocenters. The van der Waals surface area contributed by atoms with E-state index in [1.54, 1.807) is 11.8 Å². The van der Waals surface area contributed by atoms with Gasteiger partial charge in [-0.1, -0.05) is 36.5 Å². The van der Waals surface area contributed by atoms with E-state index in [1.807, 2.05) is 29.6 Å². The number of aromatic nitrogens is 2. The summed E-state index contributed by atoms with van der Waals surface area (Å²) >= 11 is 3.13. The van der Waals surface area contributed by atoms with Crippen molar-refractivity contribution in [2.75, 3.05) is 48.4 Å². The molecule has 0 radical (unpaired) electrons. The van der Waals surface area contributed by atoms with Crippen molar-refractivity contribution in [1.82, 2.24) is 9.97 Å². The molecule has 0 aliphatic carbocycles. The van der Waals surface area contributed by atoms with Crippen LogP contribution in [0, 0.1) is 0 Å². The van der Waals surface area contributed by atoms with E-state index in [1.165, 1.54) is 17.4 Å². The van der Waals surface area contributed by atoms with Gasteiger partial charge in [-0.25, -0.2) is 14.8 Å². The van der Waals surface area contributed by atoms with Crippen LogP contribution < -0.4 is 15.5 Å². The zero-order chi connectivity index (χ0) is 25.2. The van der Waals surface area contributed by atoms with Gasteiger partial charge < -0.3 is 24.8 Å². The molecule has 36 heavy (non-hydrogen) atoms. The van der Waals surface area contributed by atoms with Crippen LogP contribution in [0.5, 0.6) is 0 Å². The Bertz CT molecular complexity index is 1170. The highest BCUT2D eigenvalue weighted by Crippen LogP contribution is 2.29. The molecule has 0 saturated carbocycles. The lowest BCUT2D eigenvalue weighted by Gasteiger charge is -2.29. The number of amides is 1. The van der Waals surface area contributed by atoms with Gasteiger partial charge in [0.15, 0.2) is 4.34 Å². The summed E-state index contributed by atoms with van der Waals surface area (Å²) in [6.07, 6.45) is 1.00. The molecule has 3 aromatic rings. The number of morpholine rings is 1. The molecule has 2 aromatic heterocycles. The van der Waals surface area contributed by atoms with Gasteiger partial charge >= 0.3 is 6.09 Å². The number of pyridine rings is 1. The second kappa shape index (κ2) is 13.3. The van der Waals surface area contributed by atoms with Crippen molar-refractivity contribution in [2.45, 2.75) is 23.2 Å². The maximum absolute atomic E-state index is 11.8. The molecular formula is C25H29N5O4S2. The average molecular weight is 528 g/mol. The smallest absolute Gasteiger partial charge is 0.411 e. The topological polar surface area (TPSA) is 109 Å². The molecule has 0 bridgehead atoms. The van der Waals surface area contributed by atoms with Gasteiger partial charge in [-0.05, 0) is 23.8 Å². The van der Waals surface area contributed by atoms with Gasteiger partial charge in [0.1, 0.15) is 12.4 Å². The standard InChI is InChI=1S/C25H29N5O4S2/c1-2-8-34-24(32)28-19-5-3-4-18(11-19)14-26-23-13-22(30-6-9-33-10-7-30)12-20(27-23)16-35-25-29-21(15-31)17-36-25/h2-5,11-13,17,31H,1,6-10,14-16H2,(H,26,27)(H,28,32). The number of rotatable bonds is 11. The predicted molar refractivity (Wildman–Crippen MR) is 144 cm³/mol. The molecular weight excluding hydrogens is 498 g/mol. The molecule has 3 N–H and O–H groups in total. The van der Waals surface area contributed by atoms with Crippen LogP contribution in [-0.2, 0) is 28.4 Å². The summed E-state index contributed by atoms with van der Waals surface area (Å²) in [6, 6.07) is 11.7. The Morgan fingerprint density at radius 1 is 1.25 bits per heavy atom. The van der Waals surface area contributed by atoms with E-state index >= 15 is 0 Å². The molecule has 190 valence electrons. The highest BCUT2D eigenvalue weighted by atomic mass is 32.2. The van der Waals surface area contributed by atoms with E-state index in [4.69, 9.17) is 14.5 Å². The number of aliphatic hydroxyl groups is 1. The van der Waals surface area contributed by atoms with E-state index in [2.05, 4.69) is 39.2 Å². The molecule has 1 saturated heterocycles. The summed E-state index contributed by atoms with van der Waals surface area (Å²) in [7, 11) is 0. The number of thioether (sulfide) groups is 1. The quantitative estimate of drug-likeness (QED) is 0.245. The molecule has 1 aliphatic rings. The molecule has 0 unspecified atom stereocenters. The highest BCUT2D eigenvalue weighted by molar-refractivity contribution is 8.00. The number of hydrogen-bond donors (Lipinski definition) is 3. The summed E-state index contributed by atoms with van der Waals surface area (Å²) in [5, 5.41) is 17.3. The first kappa shape index (κ1) is 26.0. The van der Waals surface area contributed by atoms with E-state index in [-0.39, 0.29) is 13.2 Å². The third-order valence-corrected chi connectivity index (χ3v) is 7.36. The lowest BCUT2D eigenvalue weighted by Crippen LogP contribution is -2.36. The highest BCUT2D eigenvalue weighted by Gasteiger charge is 2.14. The van der Waals surface area contributed by atoms with Gasteiger partial charge in [0.05, 0.1) is 31.2 Å². The van der Waals surface area contributed by atoms with Gasteiger partial charge in [0.25, 0.3) is 0 Å². The number of benzene rings is 1. The van der Waals surface area contributed by atoms with Crippen molar-refractivity contribution in [3.05, 3.63) is 71.4 Å². The fourth-order valence-corrected chi connectivity index (χ4v) is 5.27. The maximum Gasteiger partial charge on any atom is 0.411 e. The Morgan fingerprint density at radius 2 is 2.11 bits per heavy atom. The first-order valence-corrected chi connectivity index (χ1v) is 13.4. The van der Waals surface area contributed by atoms with Crippen LogP contribution >= 0.6 is 23.1 Å². The van der Waals surface area contributed by atoms with Crippen LogP contribution in [-0.4, -0.2) is 54.1 Å². The van der Waals surface area contributed by atoms with Crippen LogP contribution in [0.2, 0.25) is 0 Å². The van der Waals surface area contributed by atoms with Crippen molar-refractivity contribution in [3.63, 3.8) is 0 Å². The first-order valence-electron chi connectivity index (χ1n) is 11.5. The monoisotopic (exact) mass is 527 g/mol. The number of anilines is 3. The Hall–Kier alpha value is -3.12. The summed E-state index contributed by atoms with van der Waals surface area (Å²) < 4.78 is 11.4. The second-order valence-corrected chi connectivity index (χ2v) is 10.00. The number of ether oxygens (including phenoxy) is 2. The van der Waals surface area contributed by atoms with Crippen LogP contribution in [0.25, 0.3) is 0 Å². The van der Waals surface area contributed by atoms with E-state index in [9.17, 15) is 9.90 Å². The maximum atomic E-state index is 11.8. The number of nitrogens with zero attached hydrogens (tertiary/aromatic N) is 3. The van der Waals surface area contributed by atoms with E-state index in [0.29, 0.717) is 36.9 Å². The zero-order valence-electron chi connectivity index (χ0n) is 19.8. The Morgan fingerprint density at radius 3 is 2.89 bits per heavy atom. The minimum Gasteiger partial charge on any atom is -0.445 e. The van der Waals surface area contributed by atoms with Crippen LogP contribution in [0.3, 0.4) is 0 Å². The van der Waals surface area contributed by atoms with E-state index in [0.717, 1.165) is 40.2 Å². The largest absolute Gasteiger partial charge is 0.445 e. The number of nitrogens with one attached hydrogen (secondary N) is 2. The molecule has 11 heteroatoms. The van der Waals surface area contributed by atoms with Crippen molar-refractivity contribution in [3.8, 4) is 0 Å². The minimum atomic E-state index is -0.520. The molecule has 1 amide bonds. The van der Waals surface area contributed by atoms with Crippen molar-refractivity contribution in [2.24, 2.45) is 0 Å². The molecule has 0 spiro atoms. The van der Waals surface area contributed by atoms with Gasteiger partial charge in [-0.15, -0.1) is 11.3 Å². The van der Waals surface area contributed by atoms with Crippen LogP contribution in [0.1, 0.15) is 17.0 Å². The zero-order valence-corrected chi connectivity index (χ0v) is 21.4. The summed E-state index contributed by atoms with van der Waals surface area (Å²) in [5.74, 6) is 1.44. The summed E-state index contributed by atoms with van der Waals surface area (Å²) in [6.45, 7) is 7.25. The van der Waals surface area contributed by atoms with E-state index < -0.39 is 6.09 Å². The fraction of sp³-hybridized carbons (Fsp3) is 0.320. The van der Waals surface area contributed by atoms with Gasteiger partial charge in [0, 0.05) is 48.2 Å². The molecule has 1 fully saturated rings. The predicted octanol–water partition coefficient (Wildman–Crippen LogP) is 4.51. The van der Waals surface area contributed by atoms with Crippen molar-refractivity contribution < 1.29 is 19.4 Å². The summed E-state index contributed by atoms with van der Waals surface area (Å²) in [4.78, 5) is 23.4. The second-order valence-electron chi connectivity index (χ2n) is 7.92. The number of aliphatic hydroxyl groups excluding tert-OH is 1. The fourth-order valence-electron chi connectivity index (χ4n) is 3.54. The lowest BCUT2D eigenvalue weighted by atomic mass is 10.2. The third kappa shape index (κ3) is 7.69. The SMILES string of the molecule is C=CCOC(=O)Nc1cccc(CNc2cc(N3CCOCC3)cc(CSc3nc(CO)cs3)n2)c1. The third-order valence-electron chi connectivity index (χ3n) is 5.25. The lowest BCUT2D eigenvalue weighted by molar-refractivity contribution is 0.122. The summed E-state index contributed by atoms with van der Waals surface area (Å²) in [5.41, 5.74) is 4.37. The van der Waals surface area contributed by atoms with Crippen molar-refractivity contribution in [1.29, 1.82) is 0 Å². The van der Waals surface area contributed by atoms with Gasteiger partial charge in [-0.2, -0.15) is 0 Å².